The largest absolute Gasteiger partial charge is 0.370 e. The Hall–Kier alpha value is -0.730. The van der Waals surface area contributed by atoms with Crippen molar-refractivity contribution in [2.75, 3.05) is 19.6 Å². The zero-order valence-corrected chi connectivity index (χ0v) is 9.62. The summed E-state index contributed by atoms with van der Waals surface area (Å²) in [5, 5.41) is 0. The lowest BCUT2D eigenvalue weighted by Crippen LogP contribution is -2.41. The van der Waals surface area contributed by atoms with Gasteiger partial charge in [0.2, 0.25) is 0 Å². The highest BCUT2D eigenvalue weighted by Crippen LogP contribution is 2.29. The van der Waals surface area contributed by atoms with Crippen LogP contribution in [0.25, 0.3) is 0 Å². The number of piperidine rings is 1. The highest BCUT2D eigenvalue weighted by molar-refractivity contribution is 5.78. The van der Waals surface area contributed by atoms with Gasteiger partial charge in [-0.1, -0.05) is 19.3 Å². The van der Waals surface area contributed by atoms with E-state index < -0.39 is 0 Å². The normalized spacial score (nSPS) is 24.0. The molecule has 0 unspecified atom stereocenters. The molecule has 15 heavy (non-hydrogen) atoms. The lowest BCUT2D eigenvalue weighted by molar-refractivity contribution is 0.298. The van der Waals surface area contributed by atoms with E-state index in [0.717, 1.165) is 31.5 Å². The molecule has 2 N–H and O–H groups in total. The third kappa shape index (κ3) is 3.11. The maximum Gasteiger partial charge on any atom is 0.191 e. The van der Waals surface area contributed by atoms with Gasteiger partial charge in [0.25, 0.3) is 0 Å². The van der Waals surface area contributed by atoms with Crippen LogP contribution < -0.4 is 5.73 Å². The number of nitrogens with two attached hydrogens (primary N) is 1. The summed E-state index contributed by atoms with van der Waals surface area (Å²) in [4.78, 5) is 6.73. The molecule has 0 aromatic carbocycles. The Labute approximate surface area is 92.7 Å². The van der Waals surface area contributed by atoms with Crippen molar-refractivity contribution in [1.29, 1.82) is 0 Å². The van der Waals surface area contributed by atoms with Crippen LogP contribution in [-0.4, -0.2) is 30.5 Å². The molecule has 3 heteroatoms. The van der Waals surface area contributed by atoms with Crippen LogP contribution in [0.2, 0.25) is 0 Å². The summed E-state index contributed by atoms with van der Waals surface area (Å²) in [6, 6.07) is 0. The molecule has 86 valence electrons. The van der Waals surface area contributed by atoms with E-state index in [9.17, 15) is 0 Å². The van der Waals surface area contributed by atoms with Crippen molar-refractivity contribution in [3.63, 3.8) is 0 Å². The Kier molecular flexibility index (Phi) is 3.87. The molecular formula is C12H23N3. The van der Waals surface area contributed by atoms with E-state index in [1.165, 1.54) is 44.9 Å². The van der Waals surface area contributed by atoms with Crippen LogP contribution >= 0.6 is 0 Å². The van der Waals surface area contributed by atoms with E-state index in [0.29, 0.717) is 0 Å². The predicted octanol–water partition coefficient (Wildman–Crippen LogP) is 1.98. The van der Waals surface area contributed by atoms with Crippen LogP contribution in [0.15, 0.2) is 4.99 Å². The summed E-state index contributed by atoms with van der Waals surface area (Å²) in [6.07, 6.45) is 9.41. The van der Waals surface area contributed by atoms with E-state index in [1.54, 1.807) is 0 Å². The maximum absolute atomic E-state index is 5.97. The molecule has 0 aromatic heterocycles. The smallest absolute Gasteiger partial charge is 0.191 e. The zero-order chi connectivity index (χ0) is 10.5. The second kappa shape index (κ2) is 5.38. The molecule has 1 saturated heterocycles. The van der Waals surface area contributed by atoms with Crippen molar-refractivity contribution in [2.24, 2.45) is 16.6 Å². The molecule has 0 bridgehead atoms. The van der Waals surface area contributed by atoms with Gasteiger partial charge in [0, 0.05) is 19.6 Å². The molecular weight excluding hydrogens is 186 g/mol. The van der Waals surface area contributed by atoms with Crippen LogP contribution in [0.4, 0.5) is 0 Å². The fourth-order valence-corrected chi connectivity index (χ4v) is 2.37. The van der Waals surface area contributed by atoms with Gasteiger partial charge >= 0.3 is 0 Å². The SMILES string of the molecule is NC(=NCCC1CCC1)N1CCCCC1. The Balaban J connectivity index is 1.68. The molecule has 0 radical (unpaired) electrons. The molecule has 2 rings (SSSR count). The molecule has 0 amide bonds. The first-order valence-corrected chi connectivity index (χ1v) is 6.41. The predicted molar refractivity (Wildman–Crippen MR) is 63.9 cm³/mol. The number of hydrogen-bond donors (Lipinski definition) is 1. The lowest BCUT2D eigenvalue weighted by Gasteiger charge is -2.28. The van der Waals surface area contributed by atoms with E-state index in [2.05, 4.69) is 9.89 Å². The van der Waals surface area contributed by atoms with Gasteiger partial charge in [-0.2, -0.15) is 0 Å². The summed E-state index contributed by atoms with van der Waals surface area (Å²) in [5.41, 5.74) is 5.97. The van der Waals surface area contributed by atoms with E-state index in [-0.39, 0.29) is 0 Å². The summed E-state index contributed by atoms with van der Waals surface area (Å²) >= 11 is 0. The third-order valence-corrected chi connectivity index (χ3v) is 3.72. The summed E-state index contributed by atoms with van der Waals surface area (Å²) in [6.45, 7) is 3.16. The Bertz CT molecular complexity index is 215. The quantitative estimate of drug-likeness (QED) is 0.570. The van der Waals surface area contributed by atoms with Crippen molar-refractivity contribution in [3.05, 3.63) is 0 Å². The standard InChI is InChI=1S/C12H23N3/c13-12(15-9-2-1-3-10-15)14-8-7-11-5-4-6-11/h11H,1-10H2,(H2,13,14). The van der Waals surface area contributed by atoms with Gasteiger partial charge < -0.3 is 10.6 Å². The molecule has 2 fully saturated rings. The highest BCUT2D eigenvalue weighted by Gasteiger charge is 2.17. The van der Waals surface area contributed by atoms with Gasteiger partial charge in [0.15, 0.2) is 5.96 Å². The van der Waals surface area contributed by atoms with Crippen LogP contribution in [0.1, 0.15) is 44.9 Å². The minimum absolute atomic E-state index is 0.786. The minimum Gasteiger partial charge on any atom is -0.370 e. The van der Waals surface area contributed by atoms with Crippen LogP contribution in [0.3, 0.4) is 0 Å². The van der Waals surface area contributed by atoms with E-state index in [4.69, 9.17) is 5.73 Å². The monoisotopic (exact) mass is 209 g/mol. The zero-order valence-electron chi connectivity index (χ0n) is 9.62. The number of hydrogen-bond acceptors (Lipinski definition) is 1. The fraction of sp³-hybridized carbons (Fsp3) is 0.917. The molecule has 1 saturated carbocycles. The maximum atomic E-state index is 5.97. The lowest BCUT2D eigenvalue weighted by atomic mass is 9.83. The van der Waals surface area contributed by atoms with Gasteiger partial charge in [-0.3, -0.25) is 4.99 Å². The average Bonchev–Trinajstić information content (AvgIpc) is 2.23. The highest BCUT2D eigenvalue weighted by atomic mass is 15.2. The molecule has 3 nitrogen and oxygen atoms in total. The first-order chi connectivity index (χ1) is 7.36. The first-order valence-electron chi connectivity index (χ1n) is 6.41. The summed E-state index contributed by atoms with van der Waals surface area (Å²) in [7, 11) is 0. The second-order valence-electron chi connectivity index (χ2n) is 4.87. The number of aliphatic imine (C=N–C) groups is 1. The average molecular weight is 209 g/mol. The van der Waals surface area contributed by atoms with Crippen LogP contribution in [-0.2, 0) is 0 Å². The second-order valence-corrected chi connectivity index (χ2v) is 4.87. The Morgan fingerprint density at radius 2 is 1.87 bits per heavy atom. The number of nitrogens with zero attached hydrogens (tertiary/aromatic N) is 2. The molecule has 1 heterocycles. The van der Waals surface area contributed by atoms with Crippen molar-refractivity contribution in [3.8, 4) is 0 Å². The molecule has 1 aliphatic heterocycles. The van der Waals surface area contributed by atoms with Gasteiger partial charge in [-0.15, -0.1) is 0 Å². The van der Waals surface area contributed by atoms with Crippen molar-refractivity contribution >= 4 is 5.96 Å². The van der Waals surface area contributed by atoms with Gasteiger partial charge in [0.05, 0.1) is 0 Å². The first kappa shape index (κ1) is 10.8. The summed E-state index contributed by atoms with van der Waals surface area (Å²) < 4.78 is 0. The van der Waals surface area contributed by atoms with Crippen molar-refractivity contribution < 1.29 is 0 Å². The third-order valence-electron chi connectivity index (χ3n) is 3.72. The fourth-order valence-electron chi connectivity index (χ4n) is 2.37. The molecule has 0 aromatic rings. The molecule has 1 aliphatic carbocycles. The van der Waals surface area contributed by atoms with E-state index >= 15 is 0 Å². The molecule has 2 aliphatic rings. The molecule has 0 atom stereocenters. The number of likely N-dealkylation sites (tertiary alicyclic amines) is 1. The van der Waals surface area contributed by atoms with Crippen molar-refractivity contribution in [1.82, 2.24) is 4.90 Å². The van der Waals surface area contributed by atoms with E-state index in [1.807, 2.05) is 0 Å². The number of rotatable bonds is 3. The minimum atomic E-state index is 0.786. The number of guanidine groups is 1. The van der Waals surface area contributed by atoms with Gasteiger partial charge in [0.1, 0.15) is 0 Å². The Morgan fingerprint density at radius 3 is 2.47 bits per heavy atom. The molecule has 0 spiro atoms. The Morgan fingerprint density at radius 1 is 1.13 bits per heavy atom. The van der Waals surface area contributed by atoms with Gasteiger partial charge in [-0.05, 0) is 31.6 Å². The van der Waals surface area contributed by atoms with Crippen LogP contribution in [0.5, 0.6) is 0 Å². The van der Waals surface area contributed by atoms with Crippen LogP contribution in [0, 0.1) is 5.92 Å². The summed E-state index contributed by atoms with van der Waals surface area (Å²) in [5.74, 6) is 1.73. The topological polar surface area (TPSA) is 41.6 Å². The van der Waals surface area contributed by atoms with Crippen molar-refractivity contribution in [2.45, 2.75) is 44.9 Å². The van der Waals surface area contributed by atoms with Gasteiger partial charge in [-0.25, -0.2) is 0 Å².